The maximum Gasteiger partial charge on any atom is 0.295 e. The third-order valence-electron chi connectivity index (χ3n) is 3.09. The first-order chi connectivity index (χ1) is 9.20. The first-order valence-electron chi connectivity index (χ1n) is 6.20. The van der Waals surface area contributed by atoms with Crippen LogP contribution in [0.2, 0.25) is 0 Å². The van der Waals surface area contributed by atoms with E-state index in [-0.39, 0.29) is 11.3 Å². The second-order valence-corrected chi connectivity index (χ2v) is 4.45. The molecule has 0 heterocycles. The smallest absolute Gasteiger partial charge is 0.272 e. The maximum atomic E-state index is 10.9. The highest BCUT2D eigenvalue weighted by Gasteiger charge is 2.15. The molecule has 6 nitrogen and oxygen atoms in total. The van der Waals surface area contributed by atoms with Gasteiger partial charge in [-0.05, 0) is 37.8 Å². The van der Waals surface area contributed by atoms with Gasteiger partial charge in [-0.3, -0.25) is 15.5 Å². The fourth-order valence-electron chi connectivity index (χ4n) is 2.06. The van der Waals surface area contributed by atoms with E-state index in [0.717, 1.165) is 31.4 Å². The molecule has 0 amide bonds. The van der Waals surface area contributed by atoms with E-state index in [9.17, 15) is 10.1 Å². The lowest BCUT2D eigenvalue weighted by molar-refractivity contribution is -0.384. The molecule has 1 N–H and O–H groups in total. The number of rotatable bonds is 3. The Hall–Kier alpha value is -2.42. The quantitative estimate of drug-likeness (QED) is 0.665. The molecule has 6 heteroatoms. The third-order valence-corrected chi connectivity index (χ3v) is 3.09. The van der Waals surface area contributed by atoms with E-state index in [1.165, 1.54) is 24.6 Å². The molecule has 19 heavy (non-hydrogen) atoms. The van der Waals surface area contributed by atoms with Crippen molar-refractivity contribution in [2.24, 2.45) is 5.10 Å². The largest absolute Gasteiger partial charge is 0.295 e. The van der Waals surface area contributed by atoms with Gasteiger partial charge < -0.3 is 0 Å². The number of hydrazone groups is 1. The number of nitriles is 1. The van der Waals surface area contributed by atoms with Crippen molar-refractivity contribution >= 4 is 17.1 Å². The number of nitro groups is 1. The summed E-state index contributed by atoms with van der Waals surface area (Å²) in [5, 5.41) is 23.9. The van der Waals surface area contributed by atoms with E-state index in [4.69, 9.17) is 5.26 Å². The van der Waals surface area contributed by atoms with E-state index < -0.39 is 4.92 Å². The molecule has 0 saturated heterocycles. The zero-order valence-electron chi connectivity index (χ0n) is 10.4. The van der Waals surface area contributed by atoms with Crippen molar-refractivity contribution < 1.29 is 4.92 Å². The predicted octanol–water partition coefficient (Wildman–Crippen LogP) is 3.20. The average Bonchev–Trinajstić information content (AvgIpc) is 2.46. The highest BCUT2D eigenvalue weighted by molar-refractivity contribution is 5.86. The number of anilines is 1. The first kappa shape index (κ1) is 13.0. The van der Waals surface area contributed by atoms with Crippen LogP contribution in [0.5, 0.6) is 0 Å². The molecule has 98 valence electrons. The van der Waals surface area contributed by atoms with Gasteiger partial charge in [-0.15, -0.1) is 0 Å². The van der Waals surface area contributed by atoms with Crippen LogP contribution in [0.15, 0.2) is 23.3 Å². The number of nitrogens with one attached hydrogen (secondary N) is 1. The van der Waals surface area contributed by atoms with Crippen LogP contribution in [0.25, 0.3) is 0 Å². The van der Waals surface area contributed by atoms with Crippen LogP contribution in [0, 0.1) is 21.4 Å². The fourth-order valence-corrected chi connectivity index (χ4v) is 2.06. The number of benzene rings is 1. The number of nitro benzene ring substituents is 1. The first-order valence-corrected chi connectivity index (χ1v) is 6.20. The second-order valence-electron chi connectivity index (χ2n) is 4.45. The Morgan fingerprint density at radius 3 is 2.68 bits per heavy atom. The minimum absolute atomic E-state index is 0.126. The average molecular weight is 258 g/mol. The monoisotopic (exact) mass is 258 g/mol. The predicted molar refractivity (Wildman–Crippen MR) is 72.0 cm³/mol. The van der Waals surface area contributed by atoms with Gasteiger partial charge in [-0.2, -0.15) is 10.4 Å². The van der Waals surface area contributed by atoms with E-state index in [2.05, 4.69) is 10.5 Å². The van der Waals surface area contributed by atoms with Gasteiger partial charge in [-0.25, -0.2) is 0 Å². The molecule has 2 rings (SSSR count). The highest BCUT2D eigenvalue weighted by Crippen LogP contribution is 2.25. The van der Waals surface area contributed by atoms with Crippen molar-refractivity contribution in [3.8, 4) is 6.07 Å². The topological polar surface area (TPSA) is 91.3 Å². The minimum atomic E-state index is -0.510. The van der Waals surface area contributed by atoms with Crippen LogP contribution in [-0.4, -0.2) is 10.6 Å². The minimum Gasteiger partial charge on any atom is -0.272 e. The molecule has 0 aromatic heterocycles. The van der Waals surface area contributed by atoms with Crippen molar-refractivity contribution in [3.05, 3.63) is 33.9 Å². The SMILES string of the molecule is N#Cc1ccc(NN=C2CCCCC2)c([N+](=O)[O-])c1. The Labute approximate surface area is 110 Å². The normalized spacial score (nSPS) is 14.6. The lowest BCUT2D eigenvalue weighted by atomic mass is 9.99. The zero-order chi connectivity index (χ0) is 13.7. The summed E-state index contributed by atoms with van der Waals surface area (Å²) >= 11 is 0. The summed E-state index contributed by atoms with van der Waals surface area (Å²) in [6.45, 7) is 0. The van der Waals surface area contributed by atoms with Gasteiger partial charge in [0.15, 0.2) is 0 Å². The Kier molecular flexibility index (Phi) is 4.08. The van der Waals surface area contributed by atoms with Crippen LogP contribution in [0.3, 0.4) is 0 Å². The van der Waals surface area contributed by atoms with Gasteiger partial charge in [0.1, 0.15) is 5.69 Å². The molecule has 0 aliphatic heterocycles. The summed E-state index contributed by atoms with van der Waals surface area (Å²) in [5.41, 5.74) is 4.26. The summed E-state index contributed by atoms with van der Waals surface area (Å²) in [6, 6.07) is 6.20. The van der Waals surface area contributed by atoms with Crippen molar-refractivity contribution in [2.45, 2.75) is 32.1 Å². The zero-order valence-corrected chi connectivity index (χ0v) is 10.4. The standard InChI is InChI=1S/C13H14N4O2/c14-9-10-6-7-12(13(8-10)17(18)19)16-15-11-4-2-1-3-5-11/h6-8,16H,1-5H2. The second kappa shape index (κ2) is 5.96. The lowest BCUT2D eigenvalue weighted by Gasteiger charge is -2.12. The van der Waals surface area contributed by atoms with E-state index in [1.807, 2.05) is 6.07 Å². The van der Waals surface area contributed by atoms with Crippen molar-refractivity contribution in [3.63, 3.8) is 0 Å². The summed E-state index contributed by atoms with van der Waals surface area (Å²) in [4.78, 5) is 10.4. The lowest BCUT2D eigenvalue weighted by Crippen LogP contribution is -2.07. The summed E-state index contributed by atoms with van der Waals surface area (Å²) in [7, 11) is 0. The molecule has 0 radical (unpaired) electrons. The number of nitrogens with zero attached hydrogens (tertiary/aromatic N) is 3. The van der Waals surface area contributed by atoms with Gasteiger partial charge in [0, 0.05) is 11.8 Å². The van der Waals surface area contributed by atoms with Crippen molar-refractivity contribution in [2.75, 3.05) is 5.43 Å². The molecule has 1 saturated carbocycles. The molecule has 1 fully saturated rings. The maximum absolute atomic E-state index is 10.9. The molecule has 0 bridgehead atoms. The summed E-state index contributed by atoms with van der Waals surface area (Å²) in [5.74, 6) is 0. The fraction of sp³-hybridized carbons (Fsp3) is 0.385. The van der Waals surface area contributed by atoms with Gasteiger partial charge in [0.05, 0.1) is 16.6 Å². The van der Waals surface area contributed by atoms with E-state index in [0.29, 0.717) is 5.69 Å². The van der Waals surface area contributed by atoms with Crippen LogP contribution in [0.1, 0.15) is 37.7 Å². The molecule has 0 unspecified atom stereocenters. The third kappa shape index (κ3) is 3.28. The molecule has 0 spiro atoms. The van der Waals surface area contributed by atoms with Crippen LogP contribution < -0.4 is 5.43 Å². The van der Waals surface area contributed by atoms with Crippen LogP contribution >= 0.6 is 0 Å². The Morgan fingerprint density at radius 1 is 1.32 bits per heavy atom. The van der Waals surface area contributed by atoms with Crippen molar-refractivity contribution in [1.29, 1.82) is 5.26 Å². The molecule has 1 aromatic rings. The van der Waals surface area contributed by atoms with E-state index in [1.54, 1.807) is 0 Å². The Morgan fingerprint density at radius 2 is 2.05 bits per heavy atom. The molecule has 0 atom stereocenters. The van der Waals surface area contributed by atoms with Crippen molar-refractivity contribution in [1.82, 2.24) is 0 Å². The van der Waals surface area contributed by atoms with Gasteiger partial charge in [0.2, 0.25) is 0 Å². The molecular weight excluding hydrogens is 244 g/mol. The van der Waals surface area contributed by atoms with Gasteiger partial charge in [0.25, 0.3) is 5.69 Å². The summed E-state index contributed by atoms with van der Waals surface area (Å²) < 4.78 is 0. The van der Waals surface area contributed by atoms with Crippen LogP contribution in [-0.2, 0) is 0 Å². The molecule has 1 aliphatic rings. The Bertz CT molecular complexity index is 552. The van der Waals surface area contributed by atoms with Gasteiger partial charge >= 0.3 is 0 Å². The highest BCUT2D eigenvalue weighted by atomic mass is 16.6. The summed E-state index contributed by atoms with van der Waals surface area (Å²) in [6.07, 6.45) is 5.34. The number of hydrogen-bond acceptors (Lipinski definition) is 5. The van der Waals surface area contributed by atoms with Crippen LogP contribution in [0.4, 0.5) is 11.4 Å². The number of hydrogen-bond donors (Lipinski definition) is 1. The molecular formula is C13H14N4O2. The Balaban J connectivity index is 2.20. The van der Waals surface area contributed by atoms with E-state index >= 15 is 0 Å². The molecule has 1 aromatic carbocycles. The van der Waals surface area contributed by atoms with Gasteiger partial charge in [-0.1, -0.05) is 6.42 Å². The molecule has 1 aliphatic carbocycles.